The standard InChI is InChI=1S/C13H25N5/c1-6-12(7-14-3)16-9-15-10-18-8-11(2)13(18)17(4)5/h7,9-11,13-14H,6,8H2,1-5H3/b12-7+,15-10?,16-9?. The summed E-state index contributed by atoms with van der Waals surface area (Å²) in [5, 5.41) is 2.97. The maximum atomic E-state index is 4.29. The van der Waals surface area contributed by atoms with Crippen molar-refractivity contribution in [3.63, 3.8) is 0 Å². The molecule has 0 radical (unpaired) electrons. The minimum Gasteiger partial charge on any atom is -0.393 e. The smallest absolute Gasteiger partial charge is 0.117 e. The maximum absolute atomic E-state index is 4.29. The Balaban J connectivity index is 2.46. The Morgan fingerprint density at radius 2 is 2.22 bits per heavy atom. The van der Waals surface area contributed by atoms with E-state index in [2.05, 4.69) is 53.0 Å². The molecule has 1 saturated heterocycles. The van der Waals surface area contributed by atoms with Gasteiger partial charge in [0.05, 0.1) is 18.2 Å². The van der Waals surface area contributed by atoms with Crippen molar-refractivity contribution < 1.29 is 0 Å². The SMILES string of the molecule is CC/C(=C\NC)N=CN=CN1CC(C)C1N(C)C. The third-order valence-electron chi connectivity index (χ3n) is 3.06. The summed E-state index contributed by atoms with van der Waals surface area (Å²) in [5.74, 6) is 0.693. The Hall–Kier alpha value is -1.36. The highest BCUT2D eigenvalue weighted by atomic mass is 15.4. The van der Waals surface area contributed by atoms with E-state index in [1.165, 1.54) is 0 Å². The van der Waals surface area contributed by atoms with Gasteiger partial charge in [0.25, 0.3) is 0 Å². The minimum absolute atomic E-state index is 0.459. The van der Waals surface area contributed by atoms with E-state index in [0.717, 1.165) is 18.7 Å². The van der Waals surface area contributed by atoms with Crippen LogP contribution in [0.3, 0.4) is 0 Å². The van der Waals surface area contributed by atoms with Gasteiger partial charge in [-0.3, -0.25) is 4.90 Å². The quantitative estimate of drug-likeness (QED) is 0.572. The van der Waals surface area contributed by atoms with Gasteiger partial charge in [0, 0.05) is 25.7 Å². The number of aliphatic imine (C=N–C) groups is 2. The van der Waals surface area contributed by atoms with Crippen LogP contribution in [0.2, 0.25) is 0 Å². The van der Waals surface area contributed by atoms with E-state index in [1.807, 2.05) is 19.6 Å². The highest BCUT2D eigenvalue weighted by Gasteiger charge is 2.35. The van der Waals surface area contributed by atoms with Gasteiger partial charge in [-0.05, 0) is 20.5 Å². The molecule has 0 aliphatic carbocycles. The molecule has 0 saturated carbocycles. The monoisotopic (exact) mass is 251 g/mol. The summed E-state index contributed by atoms with van der Waals surface area (Å²) >= 11 is 0. The molecule has 1 fully saturated rings. The zero-order chi connectivity index (χ0) is 13.5. The molecule has 0 bridgehead atoms. The first kappa shape index (κ1) is 14.7. The molecule has 1 aliphatic rings. The molecule has 1 heterocycles. The second-order valence-electron chi connectivity index (χ2n) is 4.84. The van der Waals surface area contributed by atoms with E-state index < -0.39 is 0 Å². The molecule has 18 heavy (non-hydrogen) atoms. The van der Waals surface area contributed by atoms with Crippen molar-refractivity contribution in [1.82, 2.24) is 15.1 Å². The van der Waals surface area contributed by atoms with Gasteiger partial charge in [-0.2, -0.15) is 0 Å². The molecule has 0 aromatic heterocycles. The fourth-order valence-corrected chi connectivity index (χ4v) is 2.26. The number of nitrogens with one attached hydrogen (secondary N) is 1. The molecule has 102 valence electrons. The molecule has 0 aromatic carbocycles. The van der Waals surface area contributed by atoms with Crippen LogP contribution in [0.15, 0.2) is 21.9 Å². The van der Waals surface area contributed by atoms with Crippen molar-refractivity contribution in [1.29, 1.82) is 0 Å². The van der Waals surface area contributed by atoms with Gasteiger partial charge in [-0.15, -0.1) is 0 Å². The number of hydrogen-bond acceptors (Lipinski definition) is 3. The van der Waals surface area contributed by atoms with Crippen molar-refractivity contribution in [3.8, 4) is 0 Å². The van der Waals surface area contributed by atoms with Crippen LogP contribution >= 0.6 is 0 Å². The summed E-state index contributed by atoms with van der Waals surface area (Å²) in [7, 11) is 6.07. The van der Waals surface area contributed by atoms with E-state index in [0.29, 0.717) is 12.1 Å². The third kappa shape index (κ3) is 3.84. The van der Waals surface area contributed by atoms with Crippen LogP contribution < -0.4 is 5.32 Å². The van der Waals surface area contributed by atoms with Crippen LogP contribution in [-0.2, 0) is 0 Å². The van der Waals surface area contributed by atoms with Crippen molar-refractivity contribution in [2.75, 3.05) is 27.7 Å². The summed E-state index contributed by atoms with van der Waals surface area (Å²) in [6.07, 6.45) is 6.73. The van der Waals surface area contributed by atoms with Gasteiger partial charge in [0.1, 0.15) is 6.34 Å². The first-order valence-corrected chi connectivity index (χ1v) is 6.44. The summed E-state index contributed by atoms with van der Waals surface area (Å²) in [4.78, 5) is 13.0. The lowest BCUT2D eigenvalue weighted by Gasteiger charge is -2.48. The zero-order valence-corrected chi connectivity index (χ0v) is 12.1. The molecule has 0 spiro atoms. The fraction of sp³-hybridized carbons (Fsp3) is 0.692. The number of likely N-dealkylation sites (tertiary alicyclic amines) is 1. The first-order chi connectivity index (χ1) is 8.60. The molecular weight excluding hydrogens is 226 g/mol. The van der Waals surface area contributed by atoms with E-state index in [1.54, 1.807) is 6.34 Å². The average Bonchev–Trinajstić information content (AvgIpc) is 2.30. The number of rotatable bonds is 6. The zero-order valence-electron chi connectivity index (χ0n) is 12.1. The lowest BCUT2D eigenvalue weighted by molar-refractivity contribution is -0.00204. The van der Waals surface area contributed by atoms with Crippen LogP contribution in [0.25, 0.3) is 0 Å². The second kappa shape index (κ2) is 7.16. The van der Waals surface area contributed by atoms with Crippen LogP contribution in [0.5, 0.6) is 0 Å². The van der Waals surface area contributed by atoms with E-state index >= 15 is 0 Å². The molecule has 5 heteroatoms. The van der Waals surface area contributed by atoms with Crippen LogP contribution in [0, 0.1) is 5.92 Å². The largest absolute Gasteiger partial charge is 0.393 e. The predicted octanol–water partition coefficient (Wildman–Crippen LogP) is 1.35. The number of hydrogen-bond donors (Lipinski definition) is 1. The first-order valence-electron chi connectivity index (χ1n) is 6.44. The minimum atomic E-state index is 0.459. The maximum Gasteiger partial charge on any atom is 0.117 e. The lowest BCUT2D eigenvalue weighted by Crippen LogP contribution is -2.60. The van der Waals surface area contributed by atoms with Crippen LogP contribution in [-0.4, -0.2) is 56.3 Å². The van der Waals surface area contributed by atoms with Gasteiger partial charge in [0.2, 0.25) is 0 Å². The molecule has 5 nitrogen and oxygen atoms in total. The van der Waals surface area contributed by atoms with Gasteiger partial charge in [0.15, 0.2) is 0 Å². The molecular formula is C13H25N5. The van der Waals surface area contributed by atoms with Crippen molar-refractivity contribution in [2.45, 2.75) is 26.4 Å². The van der Waals surface area contributed by atoms with E-state index in [9.17, 15) is 0 Å². The fourth-order valence-electron chi connectivity index (χ4n) is 2.26. The van der Waals surface area contributed by atoms with Crippen molar-refractivity contribution in [2.24, 2.45) is 15.9 Å². The van der Waals surface area contributed by atoms with Crippen molar-refractivity contribution >= 4 is 12.7 Å². The van der Waals surface area contributed by atoms with Crippen LogP contribution in [0.4, 0.5) is 0 Å². The normalized spacial score (nSPS) is 25.2. The second-order valence-corrected chi connectivity index (χ2v) is 4.84. The van der Waals surface area contributed by atoms with E-state index in [-0.39, 0.29) is 0 Å². The number of allylic oxidation sites excluding steroid dienone is 1. The highest BCUT2D eigenvalue weighted by Crippen LogP contribution is 2.23. The summed E-state index contributed by atoms with van der Waals surface area (Å²) in [6, 6.07) is 0. The van der Waals surface area contributed by atoms with Gasteiger partial charge >= 0.3 is 0 Å². The number of nitrogens with zero attached hydrogens (tertiary/aromatic N) is 4. The summed E-state index contributed by atoms with van der Waals surface area (Å²) < 4.78 is 0. The van der Waals surface area contributed by atoms with Crippen molar-refractivity contribution in [3.05, 3.63) is 11.9 Å². The Labute approximate surface area is 110 Å². The molecule has 2 atom stereocenters. The average molecular weight is 251 g/mol. The Bertz CT molecular complexity index is 328. The molecule has 0 amide bonds. The van der Waals surface area contributed by atoms with E-state index in [4.69, 9.17) is 0 Å². The van der Waals surface area contributed by atoms with Gasteiger partial charge < -0.3 is 10.2 Å². The Morgan fingerprint density at radius 1 is 1.50 bits per heavy atom. The highest BCUT2D eigenvalue weighted by molar-refractivity contribution is 5.72. The van der Waals surface area contributed by atoms with Gasteiger partial charge in [-0.25, -0.2) is 9.98 Å². The molecule has 0 aromatic rings. The summed E-state index contributed by atoms with van der Waals surface area (Å²) in [6.45, 7) is 5.39. The molecule has 1 aliphatic heterocycles. The lowest BCUT2D eigenvalue weighted by atomic mass is 9.97. The molecule has 1 N–H and O–H groups in total. The molecule has 2 unspecified atom stereocenters. The Morgan fingerprint density at radius 3 is 2.72 bits per heavy atom. The molecule has 1 rings (SSSR count). The Kier molecular flexibility index (Phi) is 5.85. The van der Waals surface area contributed by atoms with Crippen LogP contribution in [0.1, 0.15) is 20.3 Å². The summed E-state index contributed by atoms with van der Waals surface area (Å²) in [5.41, 5.74) is 0.996. The third-order valence-corrected chi connectivity index (χ3v) is 3.06. The topological polar surface area (TPSA) is 43.2 Å². The van der Waals surface area contributed by atoms with Gasteiger partial charge in [-0.1, -0.05) is 13.8 Å². The predicted molar refractivity (Wildman–Crippen MR) is 77.8 cm³/mol.